The predicted octanol–water partition coefficient (Wildman–Crippen LogP) is 2.15. The summed E-state index contributed by atoms with van der Waals surface area (Å²) in [5.41, 5.74) is 9.42. The minimum Gasteiger partial charge on any atom is -0.399 e. The number of halogens is 1. The number of H-pyrrole nitrogens is 1. The Kier molecular flexibility index (Phi) is 3.46. The Balaban J connectivity index is 1.93. The van der Waals surface area contributed by atoms with Gasteiger partial charge in [0.2, 0.25) is 0 Å². The van der Waals surface area contributed by atoms with Gasteiger partial charge in [-0.2, -0.15) is 5.10 Å². The number of nitrogens with one attached hydrogen (secondary N) is 1. The molecule has 3 N–H and O–H groups in total. The van der Waals surface area contributed by atoms with Crippen LogP contribution in [-0.2, 0) is 23.6 Å². The van der Waals surface area contributed by atoms with Crippen molar-refractivity contribution in [3.05, 3.63) is 34.6 Å². The van der Waals surface area contributed by atoms with Crippen LogP contribution in [0.1, 0.15) is 11.3 Å². The zero-order chi connectivity index (χ0) is 15.1. The molecule has 0 bridgehead atoms. The predicted molar refractivity (Wildman–Crippen MR) is 83.6 cm³/mol. The molecule has 2 heterocycles. The molecule has 3 aromatic rings. The van der Waals surface area contributed by atoms with Gasteiger partial charge in [0.05, 0.1) is 33.3 Å². The van der Waals surface area contributed by atoms with Crippen LogP contribution in [0.25, 0.3) is 11.0 Å². The van der Waals surface area contributed by atoms with Gasteiger partial charge in [0.15, 0.2) is 5.16 Å². The zero-order valence-corrected chi connectivity index (χ0v) is 13.1. The number of hydrogen-bond donors (Lipinski definition) is 2. The second-order valence-corrected chi connectivity index (χ2v) is 6.51. The Labute approximate surface area is 128 Å². The van der Waals surface area contributed by atoms with Gasteiger partial charge >= 0.3 is 0 Å². The van der Waals surface area contributed by atoms with E-state index in [9.17, 15) is 4.21 Å². The van der Waals surface area contributed by atoms with E-state index in [1.807, 2.05) is 6.92 Å². The van der Waals surface area contributed by atoms with Gasteiger partial charge in [0.1, 0.15) is 5.15 Å². The van der Waals surface area contributed by atoms with E-state index in [-0.39, 0.29) is 5.75 Å². The van der Waals surface area contributed by atoms with Gasteiger partial charge in [-0.3, -0.25) is 8.89 Å². The number of imidazole rings is 1. The number of rotatable bonds is 3. The number of aromatic amines is 1. The molecule has 0 aliphatic carbocycles. The molecule has 0 spiro atoms. The quantitative estimate of drug-likeness (QED) is 0.723. The van der Waals surface area contributed by atoms with Gasteiger partial charge in [0, 0.05) is 18.3 Å². The number of aryl methyl sites for hydroxylation is 2. The summed E-state index contributed by atoms with van der Waals surface area (Å²) < 4.78 is 14.0. The fraction of sp³-hybridized carbons (Fsp3) is 0.231. The molecule has 0 fully saturated rings. The van der Waals surface area contributed by atoms with Crippen molar-refractivity contribution in [1.82, 2.24) is 19.7 Å². The summed E-state index contributed by atoms with van der Waals surface area (Å²) in [7, 11) is 0.430. The van der Waals surface area contributed by atoms with E-state index in [4.69, 9.17) is 17.3 Å². The molecule has 0 aliphatic heterocycles. The minimum absolute atomic E-state index is 0.272. The first-order chi connectivity index (χ1) is 9.95. The van der Waals surface area contributed by atoms with E-state index in [0.717, 1.165) is 22.3 Å². The average Bonchev–Trinajstić information content (AvgIpc) is 2.95. The molecule has 3 rings (SSSR count). The fourth-order valence-corrected chi connectivity index (χ4v) is 3.64. The molecule has 6 nitrogen and oxygen atoms in total. The van der Waals surface area contributed by atoms with Gasteiger partial charge < -0.3 is 10.7 Å². The van der Waals surface area contributed by atoms with Gasteiger partial charge in [-0.05, 0) is 25.1 Å². The van der Waals surface area contributed by atoms with Crippen molar-refractivity contribution in [2.75, 3.05) is 5.73 Å². The minimum atomic E-state index is -1.33. The van der Waals surface area contributed by atoms with Gasteiger partial charge in [0.25, 0.3) is 0 Å². The molecule has 110 valence electrons. The van der Waals surface area contributed by atoms with Gasteiger partial charge in [-0.25, -0.2) is 4.98 Å². The fourth-order valence-electron chi connectivity index (χ4n) is 2.15. The lowest BCUT2D eigenvalue weighted by atomic mass is 10.3. The number of hydrogen-bond acceptors (Lipinski definition) is 4. The zero-order valence-electron chi connectivity index (χ0n) is 11.6. The Morgan fingerprint density at radius 2 is 2.24 bits per heavy atom. The monoisotopic (exact) mass is 323 g/mol. The normalized spacial score (nSPS) is 12.9. The number of anilines is 1. The van der Waals surface area contributed by atoms with Crippen molar-refractivity contribution < 1.29 is 4.21 Å². The summed E-state index contributed by atoms with van der Waals surface area (Å²) >= 11 is 6.16. The van der Waals surface area contributed by atoms with E-state index in [1.165, 1.54) is 0 Å². The summed E-state index contributed by atoms with van der Waals surface area (Å²) in [6, 6.07) is 5.33. The van der Waals surface area contributed by atoms with Crippen LogP contribution in [0.15, 0.2) is 23.4 Å². The molecule has 0 amide bonds. The highest BCUT2D eigenvalue weighted by Crippen LogP contribution is 2.23. The standard InChI is InChI=1S/C13H14ClN5OS/c1-7-9(12(14)19(2)18-7)6-21(20)13-16-10-4-3-8(15)5-11(10)17-13/h3-5H,6,15H2,1-2H3,(H,16,17). The van der Waals surface area contributed by atoms with Crippen LogP contribution < -0.4 is 5.73 Å². The molecule has 0 aliphatic rings. The van der Waals surface area contributed by atoms with Crippen LogP contribution in [0.5, 0.6) is 0 Å². The smallest absolute Gasteiger partial charge is 0.197 e. The molecule has 8 heteroatoms. The van der Waals surface area contributed by atoms with Crippen molar-refractivity contribution in [2.45, 2.75) is 17.8 Å². The number of nitrogen functional groups attached to an aromatic ring is 1. The van der Waals surface area contributed by atoms with E-state index >= 15 is 0 Å². The number of nitrogens with zero attached hydrogens (tertiary/aromatic N) is 3. The molecule has 0 saturated carbocycles. The molecule has 1 atom stereocenters. The van der Waals surface area contributed by atoms with Crippen LogP contribution in [0.2, 0.25) is 5.15 Å². The Bertz CT molecular complexity index is 854. The average molecular weight is 324 g/mol. The van der Waals surface area contributed by atoms with Crippen molar-refractivity contribution >= 4 is 39.1 Å². The van der Waals surface area contributed by atoms with Gasteiger partial charge in [-0.15, -0.1) is 0 Å². The topological polar surface area (TPSA) is 89.6 Å². The van der Waals surface area contributed by atoms with E-state index < -0.39 is 10.8 Å². The highest BCUT2D eigenvalue weighted by atomic mass is 35.5. The molecule has 2 aromatic heterocycles. The largest absolute Gasteiger partial charge is 0.399 e. The first-order valence-corrected chi connectivity index (χ1v) is 7.97. The second-order valence-electron chi connectivity index (χ2n) is 4.79. The Morgan fingerprint density at radius 1 is 1.48 bits per heavy atom. The van der Waals surface area contributed by atoms with Crippen LogP contribution in [0.3, 0.4) is 0 Å². The van der Waals surface area contributed by atoms with E-state index in [0.29, 0.717) is 16.0 Å². The Morgan fingerprint density at radius 3 is 2.90 bits per heavy atom. The van der Waals surface area contributed by atoms with E-state index in [2.05, 4.69) is 15.1 Å². The first-order valence-electron chi connectivity index (χ1n) is 6.27. The SMILES string of the molecule is Cc1nn(C)c(Cl)c1CS(=O)c1nc2ccc(N)cc2[nH]1. The molecule has 0 radical (unpaired) electrons. The molecular weight excluding hydrogens is 310 g/mol. The summed E-state index contributed by atoms with van der Waals surface area (Å²) in [4.78, 5) is 7.38. The third-order valence-electron chi connectivity index (χ3n) is 3.25. The lowest BCUT2D eigenvalue weighted by Gasteiger charge is -1.99. The number of nitrogens with two attached hydrogens (primary N) is 1. The summed E-state index contributed by atoms with van der Waals surface area (Å²) in [6.45, 7) is 1.84. The van der Waals surface area contributed by atoms with Crippen LogP contribution in [0, 0.1) is 6.92 Å². The van der Waals surface area contributed by atoms with Crippen molar-refractivity contribution in [3.8, 4) is 0 Å². The third kappa shape index (κ3) is 2.54. The molecule has 1 aromatic carbocycles. The molecule has 0 saturated heterocycles. The van der Waals surface area contributed by atoms with Crippen LogP contribution in [0.4, 0.5) is 5.69 Å². The third-order valence-corrected chi connectivity index (χ3v) is 4.89. The van der Waals surface area contributed by atoms with Crippen LogP contribution in [-0.4, -0.2) is 24.0 Å². The highest BCUT2D eigenvalue weighted by molar-refractivity contribution is 7.84. The first kappa shape index (κ1) is 14.1. The lowest BCUT2D eigenvalue weighted by Crippen LogP contribution is -2.00. The number of benzene rings is 1. The lowest BCUT2D eigenvalue weighted by molar-refractivity contribution is 0.677. The van der Waals surface area contributed by atoms with Crippen molar-refractivity contribution in [1.29, 1.82) is 0 Å². The summed E-state index contributed by atoms with van der Waals surface area (Å²) in [6.07, 6.45) is 0. The van der Waals surface area contributed by atoms with E-state index in [1.54, 1.807) is 29.9 Å². The number of aromatic nitrogens is 4. The van der Waals surface area contributed by atoms with Gasteiger partial charge in [-0.1, -0.05) is 11.6 Å². The Hall–Kier alpha value is -1.86. The maximum atomic E-state index is 12.5. The van der Waals surface area contributed by atoms with Crippen LogP contribution >= 0.6 is 11.6 Å². The summed E-state index contributed by atoms with van der Waals surface area (Å²) in [5.74, 6) is 0.272. The summed E-state index contributed by atoms with van der Waals surface area (Å²) in [5, 5.41) is 5.13. The molecule has 1 unspecified atom stereocenters. The second kappa shape index (κ2) is 5.16. The van der Waals surface area contributed by atoms with Crippen molar-refractivity contribution in [2.24, 2.45) is 7.05 Å². The highest BCUT2D eigenvalue weighted by Gasteiger charge is 2.17. The maximum Gasteiger partial charge on any atom is 0.197 e. The molecule has 21 heavy (non-hydrogen) atoms. The maximum absolute atomic E-state index is 12.5. The van der Waals surface area contributed by atoms with Crippen molar-refractivity contribution in [3.63, 3.8) is 0 Å². The molecular formula is C13H14ClN5OS. The number of fused-ring (bicyclic) bond motifs is 1.